The van der Waals surface area contributed by atoms with Gasteiger partial charge in [-0.2, -0.15) is 13.2 Å². The molecule has 3 nitrogen and oxygen atoms in total. The first-order chi connectivity index (χ1) is 14.4. The summed E-state index contributed by atoms with van der Waals surface area (Å²) in [5, 5.41) is 0. The van der Waals surface area contributed by atoms with E-state index in [1.807, 2.05) is 6.92 Å². The lowest BCUT2D eigenvalue weighted by atomic mass is 10.2. The van der Waals surface area contributed by atoms with Crippen molar-refractivity contribution in [3.05, 3.63) is 71.8 Å². The van der Waals surface area contributed by atoms with Crippen molar-refractivity contribution in [2.45, 2.75) is 38.8 Å². The number of hydrogen-bond acceptors (Lipinski definition) is 3. The van der Waals surface area contributed by atoms with Gasteiger partial charge in [0.2, 0.25) is 0 Å². The first kappa shape index (κ1) is 23.1. The standard InChI is InChI=1S/C24H23F3O3/c1-2-3-4-6-23(28)30-22-15-11-20(12-16-22)8-7-19-9-13-21(14-10-19)29-18-5-17-24(25,26)27/h4,6,9-16H,2-3,5,17-18H2,1H3. The highest BCUT2D eigenvalue weighted by Gasteiger charge is 2.26. The van der Waals surface area contributed by atoms with Crippen molar-refractivity contribution >= 4 is 5.97 Å². The van der Waals surface area contributed by atoms with Crippen molar-refractivity contribution in [1.82, 2.24) is 0 Å². The molecule has 0 unspecified atom stereocenters. The Balaban J connectivity index is 1.84. The quantitative estimate of drug-likeness (QED) is 0.172. The van der Waals surface area contributed by atoms with Crippen molar-refractivity contribution in [3.63, 3.8) is 0 Å². The summed E-state index contributed by atoms with van der Waals surface area (Å²) in [6.45, 7) is 2.04. The van der Waals surface area contributed by atoms with Gasteiger partial charge in [0.25, 0.3) is 0 Å². The Bertz CT molecular complexity index is 887. The molecule has 0 bridgehead atoms. The molecule has 0 fully saturated rings. The van der Waals surface area contributed by atoms with Crippen LogP contribution in [0, 0.1) is 11.8 Å². The summed E-state index contributed by atoms with van der Waals surface area (Å²) in [5.41, 5.74) is 1.50. The minimum Gasteiger partial charge on any atom is -0.494 e. The van der Waals surface area contributed by atoms with E-state index in [1.165, 1.54) is 6.08 Å². The molecule has 0 radical (unpaired) electrons. The molecule has 0 aliphatic rings. The summed E-state index contributed by atoms with van der Waals surface area (Å²) in [5.74, 6) is 6.53. The van der Waals surface area contributed by atoms with E-state index in [0.717, 1.165) is 24.0 Å². The molecule has 158 valence electrons. The summed E-state index contributed by atoms with van der Waals surface area (Å²) in [6.07, 6.45) is -0.102. The second-order valence-electron chi connectivity index (χ2n) is 6.48. The number of unbranched alkanes of at least 4 members (excludes halogenated alkanes) is 1. The van der Waals surface area contributed by atoms with E-state index in [-0.39, 0.29) is 13.0 Å². The second kappa shape index (κ2) is 11.7. The fraction of sp³-hybridized carbons (Fsp3) is 0.292. The van der Waals surface area contributed by atoms with E-state index in [4.69, 9.17) is 9.47 Å². The second-order valence-corrected chi connectivity index (χ2v) is 6.48. The van der Waals surface area contributed by atoms with Crippen molar-refractivity contribution in [3.8, 4) is 23.3 Å². The fourth-order valence-electron chi connectivity index (χ4n) is 2.34. The number of hydrogen-bond donors (Lipinski definition) is 0. The Morgan fingerprint density at radius 3 is 2.07 bits per heavy atom. The van der Waals surface area contributed by atoms with Crippen LogP contribution in [0.15, 0.2) is 60.7 Å². The molecule has 0 amide bonds. The molecular formula is C24H23F3O3. The van der Waals surface area contributed by atoms with Gasteiger partial charge in [0.05, 0.1) is 6.61 Å². The van der Waals surface area contributed by atoms with Crippen LogP contribution in [0.3, 0.4) is 0 Å². The molecule has 30 heavy (non-hydrogen) atoms. The Kier molecular flexibility index (Phi) is 9.02. The van der Waals surface area contributed by atoms with Crippen LogP contribution in [-0.2, 0) is 4.79 Å². The smallest absolute Gasteiger partial charge is 0.389 e. The maximum absolute atomic E-state index is 12.1. The van der Waals surface area contributed by atoms with Crippen molar-refractivity contribution in [2.75, 3.05) is 6.61 Å². The molecule has 0 aliphatic carbocycles. The number of carbonyl (C=O) groups is 1. The highest BCUT2D eigenvalue weighted by molar-refractivity contribution is 5.83. The van der Waals surface area contributed by atoms with Crippen LogP contribution in [0.1, 0.15) is 43.7 Å². The summed E-state index contributed by atoms with van der Waals surface area (Å²) in [7, 11) is 0. The van der Waals surface area contributed by atoms with E-state index >= 15 is 0 Å². The van der Waals surface area contributed by atoms with Crippen LogP contribution < -0.4 is 9.47 Å². The van der Waals surface area contributed by atoms with E-state index in [1.54, 1.807) is 54.6 Å². The van der Waals surface area contributed by atoms with Gasteiger partial charge in [-0.1, -0.05) is 31.3 Å². The maximum Gasteiger partial charge on any atom is 0.389 e. The van der Waals surface area contributed by atoms with Gasteiger partial charge in [-0.25, -0.2) is 4.79 Å². The van der Waals surface area contributed by atoms with Crippen LogP contribution in [0.4, 0.5) is 13.2 Å². The number of esters is 1. The molecular weight excluding hydrogens is 393 g/mol. The maximum atomic E-state index is 12.1. The number of rotatable bonds is 8. The lowest BCUT2D eigenvalue weighted by Crippen LogP contribution is -2.09. The zero-order chi connectivity index (χ0) is 21.8. The minimum absolute atomic E-state index is 0.00977. The van der Waals surface area contributed by atoms with E-state index in [9.17, 15) is 18.0 Å². The Morgan fingerprint density at radius 1 is 0.967 bits per heavy atom. The predicted molar refractivity (Wildman–Crippen MR) is 109 cm³/mol. The molecule has 2 rings (SSSR count). The zero-order valence-electron chi connectivity index (χ0n) is 16.7. The molecule has 0 aromatic heterocycles. The number of halogens is 3. The van der Waals surface area contributed by atoms with Crippen LogP contribution in [0.5, 0.6) is 11.5 Å². The molecule has 0 atom stereocenters. The zero-order valence-corrected chi connectivity index (χ0v) is 16.7. The Hall–Kier alpha value is -3.20. The topological polar surface area (TPSA) is 35.5 Å². The molecule has 0 spiro atoms. The van der Waals surface area contributed by atoms with Crippen LogP contribution in [0.2, 0.25) is 0 Å². The van der Waals surface area contributed by atoms with Gasteiger partial charge >= 0.3 is 12.1 Å². The van der Waals surface area contributed by atoms with E-state index < -0.39 is 18.6 Å². The average molecular weight is 416 g/mol. The number of ether oxygens (including phenoxy) is 2. The van der Waals surface area contributed by atoms with E-state index in [2.05, 4.69) is 11.8 Å². The number of allylic oxidation sites excluding steroid dienone is 1. The average Bonchev–Trinajstić information content (AvgIpc) is 2.71. The minimum atomic E-state index is -4.16. The molecule has 2 aromatic rings. The summed E-state index contributed by atoms with van der Waals surface area (Å²) < 4.78 is 46.8. The number of alkyl halides is 3. The SMILES string of the molecule is CCCC=CC(=O)Oc1ccc(C#Cc2ccc(OCCCC(F)(F)F)cc2)cc1. The lowest BCUT2D eigenvalue weighted by molar-refractivity contribution is -0.136. The Labute approximate surface area is 174 Å². The summed E-state index contributed by atoms with van der Waals surface area (Å²) >= 11 is 0. The third kappa shape index (κ3) is 9.33. The number of carbonyl (C=O) groups excluding carboxylic acids is 1. The largest absolute Gasteiger partial charge is 0.494 e. The summed E-state index contributed by atoms with van der Waals surface area (Å²) in [4.78, 5) is 11.6. The van der Waals surface area contributed by atoms with Crippen molar-refractivity contribution < 1.29 is 27.4 Å². The molecule has 0 N–H and O–H groups in total. The van der Waals surface area contributed by atoms with Gasteiger partial charge < -0.3 is 9.47 Å². The summed E-state index contributed by atoms with van der Waals surface area (Å²) in [6, 6.07) is 13.7. The van der Waals surface area contributed by atoms with Gasteiger partial charge in [0.1, 0.15) is 11.5 Å². The third-order valence-corrected chi connectivity index (χ3v) is 3.86. The number of benzene rings is 2. The molecule has 0 heterocycles. The van der Waals surface area contributed by atoms with Gasteiger partial charge in [-0.15, -0.1) is 0 Å². The highest BCUT2D eigenvalue weighted by atomic mass is 19.4. The lowest BCUT2D eigenvalue weighted by Gasteiger charge is -2.08. The monoisotopic (exact) mass is 416 g/mol. The first-order valence-electron chi connectivity index (χ1n) is 9.66. The molecule has 0 aliphatic heterocycles. The van der Waals surface area contributed by atoms with E-state index in [0.29, 0.717) is 11.5 Å². The molecule has 0 saturated carbocycles. The normalized spacial score (nSPS) is 11.1. The van der Waals surface area contributed by atoms with Crippen molar-refractivity contribution in [1.29, 1.82) is 0 Å². The fourth-order valence-corrected chi connectivity index (χ4v) is 2.34. The van der Waals surface area contributed by atoms with Crippen molar-refractivity contribution in [2.24, 2.45) is 0 Å². The van der Waals surface area contributed by atoms with Gasteiger partial charge in [-0.3, -0.25) is 0 Å². The molecule has 6 heteroatoms. The van der Waals surface area contributed by atoms with Crippen LogP contribution >= 0.6 is 0 Å². The molecule has 0 saturated heterocycles. The Morgan fingerprint density at radius 2 is 1.53 bits per heavy atom. The van der Waals surface area contributed by atoms with Gasteiger partial charge in [-0.05, 0) is 61.4 Å². The third-order valence-electron chi connectivity index (χ3n) is 3.86. The van der Waals surface area contributed by atoms with Gasteiger partial charge in [0.15, 0.2) is 0 Å². The van der Waals surface area contributed by atoms with Crippen LogP contribution in [0.25, 0.3) is 0 Å². The van der Waals surface area contributed by atoms with Gasteiger partial charge in [0, 0.05) is 23.6 Å². The first-order valence-corrected chi connectivity index (χ1v) is 9.66. The predicted octanol–water partition coefficient (Wildman–Crippen LogP) is 6.07. The highest BCUT2D eigenvalue weighted by Crippen LogP contribution is 2.21. The van der Waals surface area contributed by atoms with Crippen LogP contribution in [-0.4, -0.2) is 18.8 Å². The molecule has 2 aromatic carbocycles.